The predicted molar refractivity (Wildman–Crippen MR) is 430 cm³/mol. The fourth-order valence-corrected chi connectivity index (χ4v) is 13.2. The van der Waals surface area contributed by atoms with Crippen molar-refractivity contribution in [1.82, 2.24) is 29.4 Å². The Morgan fingerprint density at radius 1 is 0.486 bits per heavy atom. The molecule has 0 saturated carbocycles. The van der Waals surface area contributed by atoms with Crippen molar-refractivity contribution in [2.45, 2.75) is 185 Å². The van der Waals surface area contributed by atoms with Crippen molar-refractivity contribution in [3.8, 4) is 57.5 Å². The molecule has 4 unspecified atom stereocenters. The minimum absolute atomic E-state index is 0. The molecule has 4 saturated heterocycles. The Balaban J connectivity index is 0.000000248. The standard InChI is InChI=1S/C19H27NO3.C17H26N2O4.C16H23NO5.C16H23NO4S.C15H21NO4.CH4/c1-13(2)20(4)19(22)16-9-6-5-8-15(16)12-23-18-11-7-10-17(21)14(18)3;1-12(2)23-17(21)19-9-8-18(4)10-14(19)11-22-16-7-5-6-15(20)13(16)3;1-11(2)22-16(19)17-7-8-20-9-13(17)10-21-15-6-4-5-14(18)12(15)3;1-11(2)21-16(19)17-7-8-22-10-13(17)9-20-15-6-4-5-14(18)12(15)3;1-3-15(18)16-7-8-19-9-12(16)10-20-14-6-4-5-13(17)11(14)2;/h7,10-11,13,21H,5-6,8-9,12H2,1-4H3;5-7,12,14,20H,8-11H2,1-4H3;2*4-6,11,13,18H,7-10H2,1-3H3;4-6,12,17H,3,7-10H2,1-2H3;1H4. The van der Waals surface area contributed by atoms with E-state index in [1.54, 1.807) is 112 Å². The Bertz CT molecular complexity index is 3690. The van der Waals surface area contributed by atoms with Gasteiger partial charge < -0.3 is 92.5 Å². The molecule has 27 heteroatoms. The fourth-order valence-electron chi connectivity index (χ4n) is 12.1. The van der Waals surface area contributed by atoms with Crippen LogP contribution in [0.4, 0.5) is 14.4 Å². The summed E-state index contributed by atoms with van der Waals surface area (Å²) in [5.74, 6) is 6.22. The van der Waals surface area contributed by atoms with Crippen molar-refractivity contribution in [2.24, 2.45) is 0 Å². The summed E-state index contributed by atoms with van der Waals surface area (Å²) in [7, 11) is 3.88. The van der Waals surface area contributed by atoms with E-state index in [0.717, 1.165) is 67.0 Å². The normalized spacial score (nSPS) is 17.7. The summed E-state index contributed by atoms with van der Waals surface area (Å²) in [6.07, 6.45) is 3.02. The van der Waals surface area contributed by atoms with Crippen LogP contribution < -0.4 is 23.7 Å². The van der Waals surface area contributed by atoms with Gasteiger partial charge in [-0.2, -0.15) is 11.8 Å². The van der Waals surface area contributed by atoms with E-state index in [4.69, 9.17) is 47.4 Å². The monoisotopic (exact) mass is 1570 g/mol. The van der Waals surface area contributed by atoms with Gasteiger partial charge in [0, 0.05) is 104 Å². The SMILES string of the molecule is C.CCC(=O)N1CCOCC1COc1cccc(O)c1C.Cc1c(O)cccc1OCC1=C(C(=O)N(C)C(C)C)CCCC1.Cc1c(O)cccc1OCC1CN(C)CCN1C(=O)OC(C)C.Cc1c(O)cccc1OCC1COCCN1C(=O)OC(C)C.Cc1c(O)cccc1OCC1CSCCN1C(=O)OC(C)C. The highest BCUT2D eigenvalue weighted by Gasteiger charge is 2.34. The molecule has 4 atom stereocenters. The van der Waals surface area contributed by atoms with Gasteiger partial charge in [0.2, 0.25) is 11.8 Å². The van der Waals surface area contributed by atoms with E-state index in [-0.39, 0.29) is 121 Å². The van der Waals surface area contributed by atoms with E-state index in [9.17, 15) is 49.5 Å². The summed E-state index contributed by atoms with van der Waals surface area (Å²) >= 11 is 1.81. The number of rotatable bonds is 21. The zero-order chi connectivity index (χ0) is 80.7. The highest BCUT2D eigenvalue weighted by molar-refractivity contribution is 7.99. The molecule has 5 N–H and O–H groups in total. The van der Waals surface area contributed by atoms with Gasteiger partial charge in [-0.15, -0.1) is 0 Å². The topological polar surface area (TPSA) is 298 Å². The average Bonchev–Trinajstić information content (AvgIpc) is 0.854. The number of morpholine rings is 2. The molecule has 5 aromatic carbocycles. The first-order valence-electron chi connectivity index (χ1n) is 38.1. The number of benzene rings is 5. The number of likely N-dealkylation sites (N-methyl/N-ethyl adjacent to an activating group) is 2. The molecule has 26 nitrogen and oxygen atoms in total. The Morgan fingerprint density at radius 3 is 1.25 bits per heavy atom. The summed E-state index contributed by atoms with van der Waals surface area (Å²) < 4.78 is 55.8. The van der Waals surface area contributed by atoms with E-state index < -0.39 is 0 Å². The van der Waals surface area contributed by atoms with Crippen molar-refractivity contribution in [2.75, 3.05) is 124 Å². The first-order chi connectivity index (χ1) is 52.4. The minimum Gasteiger partial charge on any atom is -0.508 e. The van der Waals surface area contributed by atoms with Crippen molar-refractivity contribution < 1.29 is 96.9 Å². The number of carbonyl (C=O) groups is 5. The number of piperazine rings is 1. The minimum atomic E-state index is -0.348. The molecule has 0 aromatic heterocycles. The van der Waals surface area contributed by atoms with Gasteiger partial charge >= 0.3 is 18.3 Å². The number of amides is 5. The molecule has 111 heavy (non-hydrogen) atoms. The predicted octanol–water partition coefficient (Wildman–Crippen LogP) is 13.8. The van der Waals surface area contributed by atoms with Crippen LogP contribution in [-0.2, 0) is 33.3 Å². The third-order valence-electron chi connectivity index (χ3n) is 19.0. The van der Waals surface area contributed by atoms with Crippen molar-refractivity contribution in [3.05, 3.63) is 130 Å². The third-order valence-corrected chi connectivity index (χ3v) is 20.1. The number of thioether (sulfide) groups is 1. The number of phenolic OH excluding ortho intramolecular Hbond substituents is 5. The lowest BCUT2D eigenvalue weighted by Crippen LogP contribution is -2.56. The van der Waals surface area contributed by atoms with Gasteiger partial charge in [0.25, 0.3) is 0 Å². The number of phenols is 5. The molecule has 4 fully saturated rings. The van der Waals surface area contributed by atoms with E-state index in [0.29, 0.717) is 136 Å². The molecule has 5 aliphatic rings. The van der Waals surface area contributed by atoms with Crippen LogP contribution in [0.15, 0.2) is 102 Å². The number of hydrogen-bond acceptors (Lipinski definition) is 22. The molecule has 5 amide bonds. The molecule has 5 aromatic rings. The van der Waals surface area contributed by atoms with Gasteiger partial charge in [-0.05, 0) is 189 Å². The molecular weight excluding hydrogens is 1450 g/mol. The van der Waals surface area contributed by atoms with E-state index >= 15 is 0 Å². The van der Waals surface area contributed by atoms with Gasteiger partial charge in [0.05, 0.1) is 68.9 Å². The summed E-state index contributed by atoms with van der Waals surface area (Å²) in [6, 6.07) is 25.8. The van der Waals surface area contributed by atoms with Crippen LogP contribution in [0.1, 0.15) is 130 Å². The van der Waals surface area contributed by atoms with Crippen molar-refractivity contribution in [1.29, 1.82) is 0 Å². The van der Waals surface area contributed by atoms with Gasteiger partial charge in [0.15, 0.2) is 0 Å². The smallest absolute Gasteiger partial charge is 0.410 e. The molecule has 0 radical (unpaired) electrons. The maximum Gasteiger partial charge on any atom is 0.410 e. The molecule has 4 aliphatic heterocycles. The van der Waals surface area contributed by atoms with Crippen LogP contribution >= 0.6 is 11.8 Å². The number of aromatic hydroxyl groups is 5. The maximum absolute atomic E-state index is 12.7. The largest absolute Gasteiger partial charge is 0.508 e. The number of ether oxygens (including phenoxy) is 10. The Morgan fingerprint density at radius 2 is 0.847 bits per heavy atom. The number of nitrogens with zero attached hydrogens (tertiary/aromatic N) is 6. The fraction of sp³-hybridized carbons (Fsp3) is 0.560. The Kier molecular flexibility index (Phi) is 38.8. The molecule has 1 aliphatic carbocycles. The highest BCUT2D eigenvalue weighted by atomic mass is 32.2. The Hall–Kier alpha value is -9.18. The quantitative estimate of drug-likeness (QED) is 0.0426. The summed E-state index contributed by atoms with van der Waals surface area (Å²) in [5, 5.41) is 48.5. The lowest BCUT2D eigenvalue weighted by atomic mass is 9.91. The van der Waals surface area contributed by atoms with Crippen LogP contribution in [0.25, 0.3) is 0 Å². The molecular formula is C84H124N6O20S. The third kappa shape index (κ3) is 28.8. The van der Waals surface area contributed by atoms with Crippen LogP contribution in [0.5, 0.6) is 57.5 Å². The van der Waals surface area contributed by atoms with Gasteiger partial charge in [-0.1, -0.05) is 44.7 Å². The molecule has 10 rings (SSSR count). The average molecular weight is 1570 g/mol. The summed E-state index contributed by atoms with van der Waals surface area (Å²) in [6.45, 7) is 33.7. The molecule has 616 valence electrons. The van der Waals surface area contributed by atoms with E-state index in [1.807, 2.05) is 126 Å². The lowest BCUT2D eigenvalue weighted by molar-refractivity contribution is -0.140. The maximum atomic E-state index is 12.7. The van der Waals surface area contributed by atoms with E-state index in [2.05, 4.69) is 4.90 Å². The van der Waals surface area contributed by atoms with Gasteiger partial charge in [-0.25, -0.2) is 14.4 Å². The zero-order valence-electron chi connectivity index (χ0n) is 67.3. The van der Waals surface area contributed by atoms with Crippen LogP contribution in [-0.4, -0.2) is 258 Å². The second kappa shape index (κ2) is 46.6. The number of hydrogen-bond donors (Lipinski definition) is 5. The second-order valence-corrected chi connectivity index (χ2v) is 29.9. The first-order valence-corrected chi connectivity index (χ1v) is 39.2. The van der Waals surface area contributed by atoms with Gasteiger partial charge in [0.1, 0.15) is 90.5 Å². The molecule has 0 spiro atoms. The zero-order valence-corrected chi connectivity index (χ0v) is 68.1. The second-order valence-electron chi connectivity index (χ2n) is 28.8. The van der Waals surface area contributed by atoms with Crippen LogP contribution in [0.3, 0.4) is 0 Å². The first kappa shape index (κ1) is 92.4. The summed E-state index contributed by atoms with van der Waals surface area (Å²) in [4.78, 5) is 71.9. The van der Waals surface area contributed by atoms with E-state index in [1.165, 1.54) is 0 Å². The van der Waals surface area contributed by atoms with Crippen molar-refractivity contribution >= 4 is 41.9 Å². The van der Waals surface area contributed by atoms with Crippen molar-refractivity contribution in [3.63, 3.8) is 0 Å². The van der Waals surface area contributed by atoms with Crippen LogP contribution in [0, 0.1) is 34.6 Å². The summed E-state index contributed by atoms with van der Waals surface area (Å²) in [5.41, 5.74) is 5.53. The Labute approximate surface area is 661 Å². The highest BCUT2D eigenvalue weighted by Crippen LogP contribution is 2.34. The van der Waals surface area contributed by atoms with Gasteiger partial charge in [-0.3, -0.25) is 19.4 Å². The van der Waals surface area contributed by atoms with Crippen LogP contribution in [0.2, 0.25) is 0 Å². The molecule has 0 bridgehead atoms. The number of carbonyl (C=O) groups excluding carboxylic acids is 5. The lowest BCUT2D eigenvalue weighted by Gasteiger charge is -2.39. The molecule has 4 heterocycles.